The number of methoxy groups -OCH3 is 3. The third-order valence-electron chi connectivity index (χ3n) is 5.09. The molecular weight excluding hydrogens is 436 g/mol. The van der Waals surface area contributed by atoms with Crippen LogP contribution in [-0.2, 0) is 13.1 Å². The van der Waals surface area contributed by atoms with Gasteiger partial charge in [0.25, 0.3) is 0 Å². The number of thiocarbonyl (C=S) groups is 1. The predicted octanol–water partition coefficient (Wildman–Crippen LogP) is 5.51. The lowest BCUT2D eigenvalue weighted by Gasteiger charge is -2.27. The molecule has 33 heavy (non-hydrogen) atoms. The van der Waals surface area contributed by atoms with Crippen LogP contribution >= 0.6 is 12.2 Å². The van der Waals surface area contributed by atoms with Gasteiger partial charge in [0.15, 0.2) is 5.11 Å². The largest absolute Gasteiger partial charge is 0.497 e. The molecule has 3 rings (SSSR count). The summed E-state index contributed by atoms with van der Waals surface area (Å²) in [5.74, 6) is 3.18. The van der Waals surface area contributed by atoms with Gasteiger partial charge in [-0.25, -0.2) is 0 Å². The Hall–Kier alpha value is -3.45. The molecule has 0 radical (unpaired) electrons. The van der Waals surface area contributed by atoms with E-state index in [4.69, 9.17) is 31.2 Å². The fourth-order valence-electron chi connectivity index (χ4n) is 3.37. The van der Waals surface area contributed by atoms with E-state index in [2.05, 4.69) is 10.2 Å². The highest BCUT2D eigenvalue weighted by Crippen LogP contribution is 2.27. The first-order chi connectivity index (χ1) is 16.1. The minimum Gasteiger partial charge on any atom is -0.497 e. The van der Waals surface area contributed by atoms with Gasteiger partial charge in [0.1, 0.15) is 23.0 Å². The van der Waals surface area contributed by atoms with Gasteiger partial charge in [-0.1, -0.05) is 12.1 Å². The van der Waals surface area contributed by atoms with Crippen molar-refractivity contribution in [3.05, 3.63) is 77.9 Å². The molecule has 3 aromatic carbocycles. The number of nitrogens with zero attached hydrogens (tertiary/aromatic N) is 1. The summed E-state index contributed by atoms with van der Waals surface area (Å²) in [4.78, 5) is 2.09. The van der Waals surface area contributed by atoms with E-state index in [1.54, 1.807) is 21.3 Å². The van der Waals surface area contributed by atoms with Crippen LogP contribution in [0.2, 0.25) is 0 Å². The number of hydrogen-bond donors (Lipinski definition) is 1. The van der Waals surface area contributed by atoms with E-state index >= 15 is 0 Å². The monoisotopic (exact) mass is 466 g/mol. The molecule has 0 saturated heterocycles. The molecule has 6 nitrogen and oxygen atoms in total. The lowest BCUT2D eigenvalue weighted by molar-refractivity contribution is 0.340. The van der Waals surface area contributed by atoms with Crippen LogP contribution in [0.15, 0.2) is 66.7 Å². The summed E-state index contributed by atoms with van der Waals surface area (Å²) in [5, 5.41) is 3.94. The normalized spacial score (nSPS) is 10.3. The molecule has 0 atom stereocenters. The molecule has 0 heterocycles. The lowest BCUT2D eigenvalue weighted by atomic mass is 10.1. The summed E-state index contributed by atoms with van der Waals surface area (Å²) in [6.07, 6.45) is 0. The average molecular weight is 467 g/mol. The zero-order chi connectivity index (χ0) is 23.6. The Balaban J connectivity index is 1.84. The summed E-state index contributed by atoms with van der Waals surface area (Å²) in [6.45, 7) is 3.73. The molecule has 0 aliphatic rings. The zero-order valence-corrected chi connectivity index (χ0v) is 20.3. The van der Waals surface area contributed by atoms with Gasteiger partial charge >= 0.3 is 0 Å². The predicted molar refractivity (Wildman–Crippen MR) is 136 cm³/mol. The minimum atomic E-state index is 0.537. The highest BCUT2D eigenvalue weighted by Gasteiger charge is 2.16. The van der Waals surface area contributed by atoms with Crippen molar-refractivity contribution in [2.75, 3.05) is 33.3 Å². The molecule has 1 N–H and O–H groups in total. The highest BCUT2D eigenvalue weighted by atomic mass is 32.1. The van der Waals surface area contributed by atoms with Crippen molar-refractivity contribution in [1.29, 1.82) is 0 Å². The lowest BCUT2D eigenvalue weighted by Crippen LogP contribution is -2.34. The number of ether oxygens (including phenoxy) is 4. The number of nitrogens with one attached hydrogen (secondary N) is 1. The van der Waals surface area contributed by atoms with Gasteiger partial charge in [0.05, 0.1) is 27.9 Å². The number of rotatable bonds is 10. The molecule has 0 aliphatic heterocycles. The van der Waals surface area contributed by atoms with Crippen LogP contribution in [0, 0.1) is 0 Å². The SMILES string of the molecule is CCOc1ccc(NC(=S)N(Cc2ccc(OC)cc2)Cc2cc(OC)ccc2OC)cc1. The van der Waals surface area contributed by atoms with E-state index in [1.165, 1.54) is 0 Å². The maximum absolute atomic E-state index is 5.82. The molecule has 0 aliphatic carbocycles. The molecule has 0 saturated carbocycles. The van der Waals surface area contributed by atoms with Crippen molar-refractivity contribution >= 4 is 23.0 Å². The summed E-state index contributed by atoms with van der Waals surface area (Å²) >= 11 is 5.82. The van der Waals surface area contributed by atoms with Gasteiger partial charge in [-0.15, -0.1) is 0 Å². The van der Waals surface area contributed by atoms with Crippen LogP contribution in [0.4, 0.5) is 5.69 Å². The topological polar surface area (TPSA) is 52.2 Å². The van der Waals surface area contributed by atoms with Crippen LogP contribution in [-0.4, -0.2) is 37.9 Å². The maximum atomic E-state index is 5.82. The fourth-order valence-corrected chi connectivity index (χ4v) is 3.61. The number of anilines is 1. The summed E-state index contributed by atoms with van der Waals surface area (Å²) < 4.78 is 21.8. The van der Waals surface area contributed by atoms with E-state index < -0.39 is 0 Å². The second-order valence-electron chi connectivity index (χ2n) is 7.27. The molecule has 0 unspecified atom stereocenters. The second kappa shape index (κ2) is 12.0. The van der Waals surface area contributed by atoms with Crippen molar-refractivity contribution in [3.8, 4) is 23.0 Å². The molecule has 0 amide bonds. The average Bonchev–Trinajstić information content (AvgIpc) is 2.85. The molecular formula is C26H30N2O4S. The molecule has 7 heteroatoms. The maximum Gasteiger partial charge on any atom is 0.174 e. The van der Waals surface area contributed by atoms with E-state index in [9.17, 15) is 0 Å². The molecule has 0 aromatic heterocycles. The number of benzene rings is 3. The minimum absolute atomic E-state index is 0.537. The van der Waals surface area contributed by atoms with Gasteiger partial charge in [-0.2, -0.15) is 0 Å². The van der Waals surface area contributed by atoms with Crippen molar-refractivity contribution in [2.24, 2.45) is 0 Å². The van der Waals surface area contributed by atoms with Gasteiger partial charge < -0.3 is 29.2 Å². The molecule has 0 fully saturated rings. The van der Waals surface area contributed by atoms with E-state index in [0.29, 0.717) is 24.8 Å². The third-order valence-corrected chi connectivity index (χ3v) is 5.45. The van der Waals surface area contributed by atoms with Crippen molar-refractivity contribution in [3.63, 3.8) is 0 Å². The Labute approximate surface area is 201 Å². The highest BCUT2D eigenvalue weighted by molar-refractivity contribution is 7.80. The Kier molecular flexibility index (Phi) is 8.78. The van der Waals surface area contributed by atoms with E-state index in [-0.39, 0.29) is 0 Å². The van der Waals surface area contributed by atoms with Crippen molar-refractivity contribution < 1.29 is 18.9 Å². The molecule has 0 bridgehead atoms. The van der Waals surface area contributed by atoms with Crippen LogP contribution in [0.3, 0.4) is 0 Å². The van der Waals surface area contributed by atoms with E-state index in [1.807, 2.05) is 73.7 Å². The first kappa shape index (κ1) is 24.2. The second-order valence-corrected chi connectivity index (χ2v) is 7.66. The first-order valence-electron chi connectivity index (χ1n) is 10.7. The smallest absolute Gasteiger partial charge is 0.174 e. The van der Waals surface area contributed by atoms with Gasteiger partial charge in [-0.05, 0) is 79.3 Å². The molecule has 3 aromatic rings. The standard InChI is InChI=1S/C26H30N2O4S/c1-5-32-23-12-8-21(9-13-23)27-26(33)28(17-19-6-10-22(29-2)11-7-19)18-20-16-24(30-3)14-15-25(20)31-4/h6-16H,5,17-18H2,1-4H3,(H,27,33). The van der Waals surface area contributed by atoms with Crippen molar-refractivity contribution in [2.45, 2.75) is 20.0 Å². The molecule has 0 spiro atoms. The van der Waals surface area contributed by atoms with Crippen LogP contribution in [0.5, 0.6) is 23.0 Å². The third kappa shape index (κ3) is 6.76. The quantitative estimate of drug-likeness (QED) is 0.395. The van der Waals surface area contributed by atoms with Crippen LogP contribution in [0.1, 0.15) is 18.1 Å². The molecule has 174 valence electrons. The van der Waals surface area contributed by atoms with Gasteiger partial charge in [0, 0.05) is 24.3 Å². The van der Waals surface area contributed by atoms with Gasteiger partial charge in [-0.3, -0.25) is 0 Å². The zero-order valence-electron chi connectivity index (χ0n) is 19.5. The Bertz CT molecular complexity index is 1040. The summed E-state index contributed by atoms with van der Waals surface area (Å²) in [7, 11) is 4.97. The van der Waals surface area contributed by atoms with Crippen LogP contribution in [0.25, 0.3) is 0 Å². The summed E-state index contributed by atoms with van der Waals surface area (Å²) in [6, 6.07) is 21.5. The van der Waals surface area contributed by atoms with Crippen molar-refractivity contribution in [1.82, 2.24) is 4.90 Å². The Morgan fingerprint density at radius 3 is 2.03 bits per heavy atom. The number of hydrogen-bond acceptors (Lipinski definition) is 5. The Morgan fingerprint density at radius 1 is 0.788 bits per heavy atom. The van der Waals surface area contributed by atoms with Crippen LogP contribution < -0.4 is 24.3 Å². The first-order valence-corrected chi connectivity index (χ1v) is 11.1. The summed E-state index contributed by atoms with van der Waals surface area (Å²) in [5.41, 5.74) is 2.97. The fraction of sp³-hybridized carbons (Fsp3) is 0.269. The van der Waals surface area contributed by atoms with E-state index in [0.717, 1.165) is 39.8 Å². The Morgan fingerprint density at radius 2 is 1.42 bits per heavy atom. The van der Waals surface area contributed by atoms with Gasteiger partial charge in [0.2, 0.25) is 0 Å².